The van der Waals surface area contributed by atoms with Crippen molar-refractivity contribution in [1.29, 1.82) is 0 Å². The summed E-state index contributed by atoms with van der Waals surface area (Å²) in [4.78, 5) is 0. The first kappa shape index (κ1) is 14.1. The van der Waals surface area contributed by atoms with Crippen LogP contribution in [0, 0.1) is 5.82 Å². The molecule has 2 nitrogen and oxygen atoms in total. The van der Waals surface area contributed by atoms with Crippen LogP contribution >= 0.6 is 0 Å². The lowest BCUT2D eigenvalue weighted by atomic mass is 10.1. The van der Waals surface area contributed by atoms with E-state index < -0.39 is 0 Å². The number of nitrogens with two attached hydrogens (primary N) is 1. The highest BCUT2D eigenvalue weighted by molar-refractivity contribution is 5.19. The van der Waals surface area contributed by atoms with Crippen molar-refractivity contribution in [2.75, 3.05) is 13.2 Å². The maximum Gasteiger partial charge on any atom is 0.123 e. The van der Waals surface area contributed by atoms with E-state index >= 15 is 0 Å². The molecule has 1 rings (SSSR count). The van der Waals surface area contributed by atoms with Crippen LogP contribution in [-0.4, -0.2) is 13.2 Å². The number of hydrogen-bond acceptors (Lipinski definition) is 2. The molecule has 0 aliphatic rings. The third-order valence-corrected chi connectivity index (χ3v) is 2.72. The van der Waals surface area contributed by atoms with Crippen LogP contribution in [0.5, 0.6) is 0 Å². The van der Waals surface area contributed by atoms with Gasteiger partial charge in [-0.1, -0.05) is 38.3 Å². The van der Waals surface area contributed by atoms with Gasteiger partial charge in [0.1, 0.15) is 5.82 Å². The predicted molar refractivity (Wildman–Crippen MR) is 68.3 cm³/mol. The van der Waals surface area contributed by atoms with Crippen LogP contribution in [0.2, 0.25) is 0 Å². The van der Waals surface area contributed by atoms with Crippen LogP contribution in [0.1, 0.15) is 44.2 Å². The Kier molecular flexibility index (Phi) is 6.82. The SMILES string of the molecule is CCCCCCOCC(N)c1cccc(F)c1. The van der Waals surface area contributed by atoms with E-state index in [4.69, 9.17) is 10.5 Å². The molecule has 17 heavy (non-hydrogen) atoms. The van der Waals surface area contributed by atoms with Crippen molar-refractivity contribution in [3.63, 3.8) is 0 Å². The second-order valence-corrected chi connectivity index (χ2v) is 4.30. The Balaban J connectivity index is 2.19. The van der Waals surface area contributed by atoms with Crippen molar-refractivity contribution < 1.29 is 9.13 Å². The summed E-state index contributed by atoms with van der Waals surface area (Å²) in [6, 6.07) is 6.14. The van der Waals surface area contributed by atoms with Crippen molar-refractivity contribution in [3.8, 4) is 0 Å². The maximum atomic E-state index is 13.0. The molecule has 2 N–H and O–H groups in total. The summed E-state index contributed by atoms with van der Waals surface area (Å²) in [5, 5.41) is 0. The summed E-state index contributed by atoms with van der Waals surface area (Å²) in [6.07, 6.45) is 4.75. The van der Waals surface area contributed by atoms with E-state index in [1.54, 1.807) is 6.07 Å². The fourth-order valence-corrected chi connectivity index (χ4v) is 1.67. The van der Waals surface area contributed by atoms with Crippen LogP contribution in [-0.2, 0) is 4.74 Å². The van der Waals surface area contributed by atoms with Crippen molar-refractivity contribution in [3.05, 3.63) is 35.6 Å². The number of rotatable bonds is 8. The predicted octanol–water partition coefficient (Wildman–Crippen LogP) is 3.42. The van der Waals surface area contributed by atoms with Gasteiger partial charge < -0.3 is 10.5 Å². The molecular weight excluding hydrogens is 217 g/mol. The number of benzene rings is 1. The van der Waals surface area contributed by atoms with E-state index in [2.05, 4.69) is 6.92 Å². The van der Waals surface area contributed by atoms with E-state index in [9.17, 15) is 4.39 Å². The van der Waals surface area contributed by atoms with Gasteiger partial charge in [-0.05, 0) is 24.1 Å². The summed E-state index contributed by atoms with van der Waals surface area (Å²) in [5.41, 5.74) is 6.70. The van der Waals surface area contributed by atoms with Gasteiger partial charge in [0.25, 0.3) is 0 Å². The minimum Gasteiger partial charge on any atom is -0.379 e. The van der Waals surface area contributed by atoms with Gasteiger partial charge in [0.05, 0.1) is 12.6 Å². The standard InChI is InChI=1S/C14H22FNO/c1-2-3-4-5-9-17-11-14(16)12-7-6-8-13(15)10-12/h6-8,10,14H,2-5,9,11,16H2,1H3. The lowest BCUT2D eigenvalue weighted by molar-refractivity contribution is 0.117. The van der Waals surface area contributed by atoms with Gasteiger partial charge in [-0.3, -0.25) is 0 Å². The molecule has 0 spiro atoms. The quantitative estimate of drug-likeness (QED) is 0.705. The van der Waals surface area contributed by atoms with Gasteiger partial charge >= 0.3 is 0 Å². The molecule has 0 bridgehead atoms. The van der Waals surface area contributed by atoms with E-state index in [0.717, 1.165) is 18.6 Å². The Hall–Kier alpha value is -0.930. The Morgan fingerprint density at radius 2 is 2.12 bits per heavy atom. The number of hydrogen-bond donors (Lipinski definition) is 1. The first-order valence-corrected chi connectivity index (χ1v) is 6.33. The topological polar surface area (TPSA) is 35.2 Å². The normalized spacial score (nSPS) is 12.6. The monoisotopic (exact) mass is 239 g/mol. The van der Waals surface area contributed by atoms with Crippen LogP contribution < -0.4 is 5.73 Å². The van der Waals surface area contributed by atoms with E-state index in [0.29, 0.717) is 6.61 Å². The van der Waals surface area contributed by atoms with Crippen LogP contribution in [0.4, 0.5) is 4.39 Å². The lowest BCUT2D eigenvalue weighted by Crippen LogP contribution is -2.17. The third kappa shape index (κ3) is 5.80. The molecule has 0 radical (unpaired) electrons. The number of unbranched alkanes of at least 4 members (excludes halogenated alkanes) is 3. The van der Waals surface area contributed by atoms with Crippen LogP contribution in [0.3, 0.4) is 0 Å². The molecule has 1 unspecified atom stereocenters. The Labute approximate surface area is 103 Å². The summed E-state index contributed by atoms with van der Waals surface area (Å²) in [5.74, 6) is -0.249. The Morgan fingerprint density at radius 1 is 1.29 bits per heavy atom. The smallest absolute Gasteiger partial charge is 0.123 e. The zero-order valence-electron chi connectivity index (χ0n) is 10.5. The van der Waals surface area contributed by atoms with Crippen molar-refractivity contribution >= 4 is 0 Å². The summed E-state index contributed by atoms with van der Waals surface area (Å²) in [7, 11) is 0. The highest BCUT2D eigenvalue weighted by atomic mass is 19.1. The van der Waals surface area contributed by atoms with E-state index in [-0.39, 0.29) is 11.9 Å². The zero-order chi connectivity index (χ0) is 12.5. The van der Waals surface area contributed by atoms with E-state index in [1.807, 2.05) is 6.07 Å². The number of ether oxygens (including phenoxy) is 1. The van der Waals surface area contributed by atoms with Gasteiger partial charge in [-0.15, -0.1) is 0 Å². The molecule has 96 valence electrons. The fourth-order valence-electron chi connectivity index (χ4n) is 1.67. The largest absolute Gasteiger partial charge is 0.379 e. The average Bonchev–Trinajstić information content (AvgIpc) is 2.33. The molecule has 1 aromatic rings. The molecule has 3 heteroatoms. The fraction of sp³-hybridized carbons (Fsp3) is 0.571. The molecule has 0 fully saturated rings. The highest BCUT2D eigenvalue weighted by Gasteiger charge is 2.06. The molecule has 0 amide bonds. The van der Waals surface area contributed by atoms with Gasteiger partial charge in [-0.25, -0.2) is 4.39 Å². The highest BCUT2D eigenvalue weighted by Crippen LogP contribution is 2.12. The van der Waals surface area contributed by atoms with Crippen molar-refractivity contribution in [2.24, 2.45) is 5.73 Å². The first-order valence-electron chi connectivity index (χ1n) is 6.33. The third-order valence-electron chi connectivity index (χ3n) is 2.72. The second kappa shape index (κ2) is 8.20. The van der Waals surface area contributed by atoms with Gasteiger partial charge in [0, 0.05) is 6.61 Å². The molecule has 0 aliphatic heterocycles. The van der Waals surface area contributed by atoms with Crippen molar-refractivity contribution in [2.45, 2.75) is 38.6 Å². The van der Waals surface area contributed by atoms with Gasteiger partial charge in [0.2, 0.25) is 0 Å². The summed E-state index contributed by atoms with van der Waals surface area (Å²) in [6.45, 7) is 3.37. The molecular formula is C14H22FNO. The lowest BCUT2D eigenvalue weighted by Gasteiger charge is -2.12. The molecule has 1 aromatic carbocycles. The first-order chi connectivity index (χ1) is 8.24. The second-order valence-electron chi connectivity index (χ2n) is 4.30. The molecule has 0 aliphatic carbocycles. The molecule has 1 atom stereocenters. The van der Waals surface area contributed by atoms with Crippen LogP contribution in [0.25, 0.3) is 0 Å². The minimum absolute atomic E-state index is 0.239. The molecule has 0 saturated heterocycles. The van der Waals surface area contributed by atoms with Crippen LogP contribution in [0.15, 0.2) is 24.3 Å². The Bertz CT molecular complexity index is 317. The van der Waals surface area contributed by atoms with E-state index in [1.165, 1.54) is 31.4 Å². The minimum atomic E-state index is -0.249. The molecule has 0 saturated carbocycles. The van der Waals surface area contributed by atoms with Crippen molar-refractivity contribution in [1.82, 2.24) is 0 Å². The van der Waals surface area contributed by atoms with Gasteiger partial charge in [0.15, 0.2) is 0 Å². The summed E-state index contributed by atoms with van der Waals surface area (Å²) < 4.78 is 18.4. The molecule has 0 heterocycles. The van der Waals surface area contributed by atoms with Gasteiger partial charge in [-0.2, -0.15) is 0 Å². The maximum absolute atomic E-state index is 13.0. The number of halogens is 1. The Morgan fingerprint density at radius 3 is 2.82 bits per heavy atom. The average molecular weight is 239 g/mol. The molecule has 0 aromatic heterocycles. The zero-order valence-corrected chi connectivity index (χ0v) is 10.5. The summed E-state index contributed by atoms with van der Waals surface area (Å²) >= 11 is 0.